The molecule has 2 aromatic rings. The van der Waals surface area contributed by atoms with E-state index in [1.807, 2.05) is 24.3 Å². The summed E-state index contributed by atoms with van der Waals surface area (Å²) in [7, 11) is 0. The molecule has 2 aromatic carbocycles. The maximum absolute atomic E-state index is 12.7. The number of thioether (sulfide) groups is 2. The fourth-order valence-electron chi connectivity index (χ4n) is 1.54. The Balaban J connectivity index is 1.64. The molecular formula is C15H14F2S2. The maximum atomic E-state index is 12.7. The first kappa shape index (κ1) is 14.4. The normalized spacial score (nSPS) is 10.6. The van der Waals surface area contributed by atoms with Gasteiger partial charge < -0.3 is 0 Å². The molecule has 0 fully saturated rings. The molecule has 4 heteroatoms. The molecule has 0 bridgehead atoms. The molecule has 0 heterocycles. The van der Waals surface area contributed by atoms with Crippen LogP contribution in [0.2, 0.25) is 0 Å². The van der Waals surface area contributed by atoms with Crippen LogP contribution in [0.4, 0.5) is 8.78 Å². The van der Waals surface area contributed by atoms with Crippen LogP contribution < -0.4 is 0 Å². The fourth-order valence-corrected chi connectivity index (χ4v) is 3.53. The average molecular weight is 296 g/mol. The zero-order valence-corrected chi connectivity index (χ0v) is 11.9. The highest BCUT2D eigenvalue weighted by Gasteiger charge is 1.97. The standard InChI is InChI=1S/C15H14F2S2/c16-14-5-1-12(2-6-14)9-18-11-19-10-13-3-7-15(17)8-4-13/h1-8H,9-11H2. The van der Waals surface area contributed by atoms with Crippen LogP contribution in [-0.2, 0) is 11.5 Å². The van der Waals surface area contributed by atoms with E-state index in [0.29, 0.717) is 0 Å². The third-order valence-corrected chi connectivity index (χ3v) is 4.94. The zero-order valence-electron chi connectivity index (χ0n) is 10.3. The van der Waals surface area contributed by atoms with Crippen molar-refractivity contribution >= 4 is 23.5 Å². The molecule has 0 saturated carbocycles. The topological polar surface area (TPSA) is 0 Å². The SMILES string of the molecule is Fc1ccc(CSCSCc2ccc(F)cc2)cc1. The average Bonchev–Trinajstić information content (AvgIpc) is 2.43. The highest BCUT2D eigenvalue weighted by atomic mass is 32.2. The molecule has 100 valence electrons. The predicted molar refractivity (Wildman–Crippen MR) is 80.3 cm³/mol. The molecule has 2 rings (SSSR count). The summed E-state index contributed by atoms with van der Waals surface area (Å²) in [6.07, 6.45) is 0. The molecule has 0 nitrogen and oxygen atoms in total. The van der Waals surface area contributed by atoms with Gasteiger partial charge in [0.05, 0.1) is 0 Å². The maximum Gasteiger partial charge on any atom is 0.123 e. The van der Waals surface area contributed by atoms with Gasteiger partial charge in [-0.25, -0.2) is 8.78 Å². The van der Waals surface area contributed by atoms with E-state index in [1.165, 1.54) is 24.3 Å². The van der Waals surface area contributed by atoms with Crippen LogP contribution in [-0.4, -0.2) is 5.08 Å². The molecule has 0 radical (unpaired) electrons. The third kappa shape index (κ3) is 5.25. The molecule has 0 spiro atoms. The molecule has 0 aliphatic rings. The first-order chi connectivity index (χ1) is 9.24. The summed E-state index contributed by atoms with van der Waals surface area (Å²) >= 11 is 3.60. The second kappa shape index (κ2) is 7.56. The summed E-state index contributed by atoms with van der Waals surface area (Å²) in [6, 6.07) is 13.2. The van der Waals surface area contributed by atoms with E-state index in [2.05, 4.69) is 0 Å². The molecule has 0 atom stereocenters. The van der Waals surface area contributed by atoms with Gasteiger partial charge >= 0.3 is 0 Å². The number of halogens is 2. The number of rotatable bonds is 6. The van der Waals surface area contributed by atoms with Crippen molar-refractivity contribution in [3.8, 4) is 0 Å². The van der Waals surface area contributed by atoms with Crippen molar-refractivity contribution in [3.05, 3.63) is 71.3 Å². The van der Waals surface area contributed by atoms with Gasteiger partial charge in [0.1, 0.15) is 11.6 Å². The van der Waals surface area contributed by atoms with E-state index in [-0.39, 0.29) is 11.6 Å². The lowest BCUT2D eigenvalue weighted by Gasteiger charge is -2.03. The summed E-state index contributed by atoms with van der Waals surface area (Å²) < 4.78 is 25.4. The van der Waals surface area contributed by atoms with Gasteiger partial charge in [-0.1, -0.05) is 24.3 Å². The highest BCUT2D eigenvalue weighted by molar-refractivity contribution is 8.15. The Labute approximate surface area is 120 Å². The molecule has 0 aromatic heterocycles. The molecule has 19 heavy (non-hydrogen) atoms. The summed E-state index contributed by atoms with van der Waals surface area (Å²) in [5.41, 5.74) is 2.27. The van der Waals surface area contributed by atoms with Gasteiger partial charge in [-0.2, -0.15) is 0 Å². The van der Waals surface area contributed by atoms with E-state index < -0.39 is 0 Å². The zero-order chi connectivity index (χ0) is 13.5. The Hall–Kier alpha value is -1.00. The van der Waals surface area contributed by atoms with Crippen molar-refractivity contribution in [3.63, 3.8) is 0 Å². The van der Waals surface area contributed by atoms with Gasteiger partial charge in [-0.15, -0.1) is 23.5 Å². The summed E-state index contributed by atoms with van der Waals surface area (Å²) in [5.74, 6) is 1.38. The van der Waals surface area contributed by atoms with E-state index in [1.54, 1.807) is 23.5 Å². The lowest BCUT2D eigenvalue weighted by molar-refractivity contribution is 0.627. The van der Waals surface area contributed by atoms with Gasteiger partial charge in [0, 0.05) is 16.6 Å². The monoisotopic (exact) mass is 296 g/mol. The van der Waals surface area contributed by atoms with E-state index >= 15 is 0 Å². The Morgan fingerprint density at radius 1 is 0.632 bits per heavy atom. The summed E-state index contributed by atoms with van der Waals surface area (Å²) in [4.78, 5) is 0. The lowest BCUT2D eigenvalue weighted by Crippen LogP contribution is -1.84. The lowest BCUT2D eigenvalue weighted by atomic mass is 10.2. The van der Waals surface area contributed by atoms with Crippen LogP contribution in [0.3, 0.4) is 0 Å². The van der Waals surface area contributed by atoms with Gasteiger partial charge in [0.25, 0.3) is 0 Å². The highest BCUT2D eigenvalue weighted by Crippen LogP contribution is 2.21. The first-order valence-electron chi connectivity index (χ1n) is 5.88. The minimum atomic E-state index is -0.195. The largest absolute Gasteiger partial charge is 0.207 e. The number of benzene rings is 2. The third-order valence-electron chi connectivity index (χ3n) is 2.53. The van der Waals surface area contributed by atoms with Crippen LogP contribution in [0.5, 0.6) is 0 Å². The van der Waals surface area contributed by atoms with Crippen LogP contribution in [0.1, 0.15) is 11.1 Å². The minimum Gasteiger partial charge on any atom is -0.207 e. The second-order valence-corrected chi connectivity index (χ2v) is 6.40. The smallest absolute Gasteiger partial charge is 0.123 e. The van der Waals surface area contributed by atoms with E-state index in [0.717, 1.165) is 27.7 Å². The first-order valence-corrected chi connectivity index (χ1v) is 8.19. The van der Waals surface area contributed by atoms with Crippen molar-refractivity contribution in [2.45, 2.75) is 11.5 Å². The molecule has 0 aliphatic heterocycles. The Bertz CT molecular complexity index is 447. The second-order valence-electron chi connectivity index (χ2n) is 4.07. The molecule has 0 amide bonds. The van der Waals surface area contributed by atoms with Crippen molar-refractivity contribution in [1.82, 2.24) is 0 Å². The Morgan fingerprint density at radius 2 is 1.00 bits per heavy atom. The Kier molecular flexibility index (Phi) is 5.73. The molecule has 0 N–H and O–H groups in total. The van der Waals surface area contributed by atoms with Crippen LogP contribution in [0, 0.1) is 11.6 Å². The molecular weight excluding hydrogens is 282 g/mol. The minimum absolute atomic E-state index is 0.195. The van der Waals surface area contributed by atoms with Crippen LogP contribution >= 0.6 is 23.5 Å². The quantitative estimate of drug-likeness (QED) is 0.538. The number of hydrogen-bond acceptors (Lipinski definition) is 2. The van der Waals surface area contributed by atoms with Crippen molar-refractivity contribution in [2.24, 2.45) is 0 Å². The van der Waals surface area contributed by atoms with Crippen LogP contribution in [0.15, 0.2) is 48.5 Å². The summed E-state index contributed by atoms with van der Waals surface area (Å²) in [6.45, 7) is 0. The number of hydrogen-bond donors (Lipinski definition) is 0. The van der Waals surface area contributed by atoms with Gasteiger partial charge in [0.2, 0.25) is 0 Å². The molecule has 0 saturated heterocycles. The van der Waals surface area contributed by atoms with Crippen molar-refractivity contribution in [1.29, 1.82) is 0 Å². The van der Waals surface area contributed by atoms with Crippen molar-refractivity contribution in [2.75, 3.05) is 5.08 Å². The Morgan fingerprint density at radius 3 is 1.37 bits per heavy atom. The van der Waals surface area contributed by atoms with Gasteiger partial charge in [0.15, 0.2) is 0 Å². The van der Waals surface area contributed by atoms with Gasteiger partial charge in [-0.3, -0.25) is 0 Å². The summed E-state index contributed by atoms with van der Waals surface area (Å²) in [5, 5.41) is 0.967. The predicted octanol–water partition coefficient (Wildman–Crippen LogP) is 5.09. The van der Waals surface area contributed by atoms with Crippen molar-refractivity contribution < 1.29 is 8.78 Å². The van der Waals surface area contributed by atoms with E-state index in [4.69, 9.17) is 0 Å². The van der Waals surface area contributed by atoms with E-state index in [9.17, 15) is 8.78 Å². The van der Waals surface area contributed by atoms with Gasteiger partial charge in [-0.05, 0) is 35.4 Å². The molecule has 0 aliphatic carbocycles. The molecule has 0 unspecified atom stereocenters. The van der Waals surface area contributed by atoms with Crippen LogP contribution in [0.25, 0.3) is 0 Å². The fraction of sp³-hybridized carbons (Fsp3) is 0.200.